The van der Waals surface area contributed by atoms with E-state index in [-0.39, 0.29) is 10.5 Å². The lowest BCUT2D eigenvalue weighted by molar-refractivity contribution is 0.250. The van der Waals surface area contributed by atoms with Gasteiger partial charge in [-0.25, -0.2) is 12.7 Å². The number of rotatable bonds is 5. The highest BCUT2D eigenvalue weighted by atomic mass is 32.2. The van der Waals surface area contributed by atoms with Gasteiger partial charge in [-0.05, 0) is 74.3 Å². The van der Waals surface area contributed by atoms with Crippen molar-refractivity contribution in [3.63, 3.8) is 0 Å². The molecule has 164 valence electrons. The van der Waals surface area contributed by atoms with Crippen LogP contribution in [0.4, 0.5) is 11.5 Å². The van der Waals surface area contributed by atoms with Gasteiger partial charge in [-0.3, -0.25) is 9.48 Å². The molecule has 2 N–H and O–H groups in total. The molecule has 0 aliphatic heterocycles. The Morgan fingerprint density at radius 1 is 1.10 bits per heavy atom. The zero-order valence-corrected chi connectivity index (χ0v) is 18.6. The van der Waals surface area contributed by atoms with Crippen LogP contribution in [-0.2, 0) is 10.0 Å². The third-order valence-electron chi connectivity index (χ3n) is 6.84. The SMILES string of the molecule is CN(C)S(=O)(=O)c1ccc(Nc2nn(C3CCC4(CC3)CC4)c3cc[nH]c(=O)c23)cc1. The van der Waals surface area contributed by atoms with Gasteiger partial charge in [-0.1, -0.05) is 0 Å². The Balaban J connectivity index is 1.47. The topological polar surface area (TPSA) is 100 Å². The number of pyridine rings is 1. The Hall–Kier alpha value is -2.65. The Labute approximate surface area is 181 Å². The molecule has 2 heterocycles. The molecule has 3 aromatic rings. The molecule has 31 heavy (non-hydrogen) atoms. The minimum Gasteiger partial charge on any atom is -0.338 e. The summed E-state index contributed by atoms with van der Waals surface area (Å²) in [6.07, 6.45) is 9.00. The molecule has 0 radical (unpaired) electrons. The highest BCUT2D eigenvalue weighted by Gasteiger charge is 2.45. The molecule has 9 heteroatoms. The van der Waals surface area contributed by atoms with Crippen molar-refractivity contribution >= 4 is 32.4 Å². The van der Waals surface area contributed by atoms with Crippen molar-refractivity contribution < 1.29 is 8.42 Å². The molecular formula is C22H27N5O3S. The van der Waals surface area contributed by atoms with Gasteiger partial charge in [-0.2, -0.15) is 5.10 Å². The van der Waals surface area contributed by atoms with Gasteiger partial charge < -0.3 is 10.3 Å². The fourth-order valence-electron chi connectivity index (χ4n) is 4.66. The molecule has 2 aromatic heterocycles. The van der Waals surface area contributed by atoms with E-state index in [4.69, 9.17) is 5.10 Å². The summed E-state index contributed by atoms with van der Waals surface area (Å²) >= 11 is 0. The highest BCUT2D eigenvalue weighted by Crippen LogP contribution is 2.58. The van der Waals surface area contributed by atoms with E-state index in [1.165, 1.54) is 44.1 Å². The number of aromatic nitrogens is 3. The van der Waals surface area contributed by atoms with Gasteiger partial charge in [-0.15, -0.1) is 0 Å². The van der Waals surface area contributed by atoms with Crippen molar-refractivity contribution in [1.29, 1.82) is 0 Å². The minimum absolute atomic E-state index is 0.187. The quantitative estimate of drug-likeness (QED) is 0.630. The van der Waals surface area contributed by atoms with E-state index in [0.29, 0.717) is 28.3 Å². The lowest BCUT2D eigenvalue weighted by atomic mass is 9.83. The standard InChI is InChI=1S/C22H27N5O3S/c1-26(2)31(29,30)17-5-3-15(4-6-17)24-20-19-18(9-14-23-21(19)28)27(25-20)16-7-10-22(11-8-16)12-13-22/h3-6,9,14,16H,7-8,10-13H2,1-2H3,(H,23,28)(H,24,25). The molecular weight excluding hydrogens is 414 g/mol. The molecule has 2 fully saturated rings. The minimum atomic E-state index is -3.49. The first-order chi connectivity index (χ1) is 14.8. The number of benzene rings is 1. The van der Waals surface area contributed by atoms with E-state index in [0.717, 1.165) is 18.4 Å². The van der Waals surface area contributed by atoms with Gasteiger partial charge in [0.15, 0.2) is 5.82 Å². The number of hydrogen-bond acceptors (Lipinski definition) is 5. The third kappa shape index (κ3) is 3.55. The van der Waals surface area contributed by atoms with E-state index in [1.54, 1.807) is 30.5 Å². The van der Waals surface area contributed by atoms with Gasteiger partial charge in [0.25, 0.3) is 5.56 Å². The fraction of sp³-hybridized carbons (Fsp3) is 0.455. The zero-order chi connectivity index (χ0) is 21.8. The summed E-state index contributed by atoms with van der Waals surface area (Å²) < 4.78 is 27.8. The summed E-state index contributed by atoms with van der Waals surface area (Å²) in [4.78, 5) is 15.6. The maximum absolute atomic E-state index is 12.6. The van der Waals surface area contributed by atoms with Crippen LogP contribution in [0.15, 0.2) is 46.2 Å². The number of hydrogen-bond donors (Lipinski definition) is 2. The van der Waals surface area contributed by atoms with E-state index in [1.807, 2.05) is 10.7 Å². The average molecular weight is 442 g/mol. The van der Waals surface area contributed by atoms with Gasteiger partial charge in [0.1, 0.15) is 5.39 Å². The van der Waals surface area contributed by atoms with Gasteiger partial charge >= 0.3 is 0 Å². The number of nitrogens with zero attached hydrogens (tertiary/aromatic N) is 3. The summed E-state index contributed by atoms with van der Waals surface area (Å²) in [5, 5.41) is 8.55. The normalized spacial score (nSPS) is 18.7. The molecule has 2 aliphatic carbocycles. The first kappa shape index (κ1) is 20.3. The Kier molecular flexibility index (Phi) is 4.71. The van der Waals surface area contributed by atoms with E-state index < -0.39 is 10.0 Å². The number of H-pyrrole nitrogens is 1. The zero-order valence-electron chi connectivity index (χ0n) is 17.8. The second-order valence-electron chi connectivity index (χ2n) is 9.03. The fourth-order valence-corrected chi connectivity index (χ4v) is 5.56. The maximum Gasteiger partial charge on any atom is 0.261 e. The molecule has 0 atom stereocenters. The predicted octanol–water partition coefficient (Wildman–Crippen LogP) is 3.61. The van der Waals surface area contributed by atoms with Crippen LogP contribution < -0.4 is 10.9 Å². The second-order valence-corrected chi connectivity index (χ2v) is 11.2. The van der Waals surface area contributed by atoms with Crippen molar-refractivity contribution in [3.05, 3.63) is 46.9 Å². The summed E-state index contributed by atoms with van der Waals surface area (Å²) in [5.41, 5.74) is 1.91. The molecule has 0 saturated heterocycles. The maximum atomic E-state index is 12.6. The Bertz CT molecular complexity index is 1280. The summed E-state index contributed by atoms with van der Waals surface area (Å²) in [5.74, 6) is 0.492. The van der Waals surface area contributed by atoms with Crippen LogP contribution in [0.3, 0.4) is 0 Å². The molecule has 0 bridgehead atoms. The predicted molar refractivity (Wildman–Crippen MR) is 120 cm³/mol. The first-order valence-electron chi connectivity index (χ1n) is 10.7. The van der Waals surface area contributed by atoms with E-state index in [9.17, 15) is 13.2 Å². The van der Waals surface area contributed by atoms with Crippen LogP contribution >= 0.6 is 0 Å². The van der Waals surface area contributed by atoms with Crippen LogP contribution in [0, 0.1) is 5.41 Å². The number of sulfonamides is 1. The van der Waals surface area contributed by atoms with E-state index >= 15 is 0 Å². The number of fused-ring (bicyclic) bond motifs is 1. The lowest BCUT2D eigenvalue weighted by Crippen LogP contribution is -2.22. The van der Waals surface area contributed by atoms with Crippen molar-refractivity contribution in [2.24, 2.45) is 5.41 Å². The van der Waals surface area contributed by atoms with Crippen molar-refractivity contribution in [2.45, 2.75) is 49.5 Å². The first-order valence-corrected chi connectivity index (χ1v) is 12.1. The molecule has 1 aromatic carbocycles. The number of anilines is 2. The number of aromatic amines is 1. The van der Waals surface area contributed by atoms with E-state index in [2.05, 4.69) is 10.3 Å². The largest absolute Gasteiger partial charge is 0.338 e. The smallest absolute Gasteiger partial charge is 0.261 e. The van der Waals surface area contributed by atoms with Crippen LogP contribution in [0.5, 0.6) is 0 Å². The molecule has 8 nitrogen and oxygen atoms in total. The Morgan fingerprint density at radius 2 is 1.77 bits per heavy atom. The van der Waals surface area contributed by atoms with Gasteiger partial charge in [0.2, 0.25) is 10.0 Å². The average Bonchev–Trinajstić information content (AvgIpc) is 3.40. The lowest BCUT2D eigenvalue weighted by Gasteiger charge is -2.29. The van der Waals surface area contributed by atoms with Crippen molar-refractivity contribution in [3.8, 4) is 0 Å². The molecule has 0 amide bonds. The second kappa shape index (κ2) is 7.20. The van der Waals surface area contributed by atoms with Crippen molar-refractivity contribution in [2.75, 3.05) is 19.4 Å². The highest BCUT2D eigenvalue weighted by molar-refractivity contribution is 7.89. The van der Waals surface area contributed by atoms with Crippen LogP contribution in [0.2, 0.25) is 0 Å². The summed E-state index contributed by atoms with van der Waals surface area (Å²) in [6, 6.07) is 8.68. The number of nitrogens with one attached hydrogen (secondary N) is 2. The van der Waals surface area contributed by atoms with Gasteiger partial charge in [0.05, 0.1) is 16.5 Å². The molecule has 2 aliphatic rings. The monoisotopic (exact) mass is 441 g/mol. The van der Waals surface area contributed by atoms with Crippen LogP contribution in [-0.4, -0.2) is 41.6 Å². The Morgan fingerprint density at radius 3 is 2.39 bits per heavy atom. The van der Waals surface area contributed by atoms with Gasteiger partial charge in [0, 0.05) is 26.0 Å². The molecule has 0 unspecified atom stereocenters. The molecule has 1 spiro atoms. The molecule has 5 rings (SSSR count). The van der Waals surface area contributed by atoms with Crippen LogP contribution in [0.25, 0.3) is 10.9 Å². The third-order valence-corrected chi connectivity index (χ3v) is 8.67. The summed E-state index contributed by atoms with van der Waals surface area (Å²) in [7, 11) is -0.486. The van der Waals surface area contributed by atoms with Crippen molar-refractivity contribution in [1.82, 2.24) is 19.1 Å². The van der Waals surface area contributed by atoms with Crippen LogP contribution in [0.1, 0.15) is 44.6 Å². The summed E-state index contributed by atoms with van der Waals surface area (Å²) in [6.45, 7) is 0. The molecule has 2 saturated carbocycles.